The third-order valence-corrected chi connectivity index (χ3v) is 3.97. The van der Waals surface area contributed by atoms with Crippen molar-refractivity contribution in [3.8, 4) is 0 Å². The van der Waals surface area contributed by atoms with Gasteiger partial charge in [0, 0.05) is 5.69 Å². The van der Waals surface area contributed by atoms with Crippen molar-refractivity contribution >= 4 is 11.7 Å². The van der Waals surface area contributed by atoms with E-state index in [1.807, 2.05) is 0 Å². The molecule has 90 valence electrons. The number of benzene rings is 1. The molecule has 1 aromatic rings. The summed E-state index contributed by atoms with van der Waals surface area (Å²) in [4.78, 5) is 11.2. The predicted octanol–water partition coefficient (Wildman–Crippen LogP) is 2.40. The first-order chi connectivity index (χ1) is 8.15. The highest BCUT2D eigenvalue weighted by Crippen LogP contribution is 2.39. The topological polar surface area (TPSA) is 55.1 Å². The molecular weight excluding hydrogens is 212 g/mol. The minimum Gasteiger partial charge on any atom is -0.351 e. The molecule has 3 heteroatoms. The van der Waals surface area contributed by atoms with Crippen LogP contribution in [0.5, 0.6) is 0 Å². The van der Waals surface area contributed by atoms with Crippen molar-refractivity contribution in [1.82, 2.24) is 0 Å². The van der Waals surface area contributed by atoms with Gasteiger partial charge in [-0.25, -0.2) is 4.79 Å². The van der Waals surface area contributed by atoms with E-state index < -0.39 is 6.03 Å². The molecule has 17 heavy (non-hydrogen) atoms. The maximum Gasteiger partial charge on any atom is 0.316 e. The van der Waals surface area contributed by atoms with Crippen molar-refractivity contribution in [3.63, 3.8) is 0 Å². The van der Waals surface area contributed by atoms with Crippen LogP contribution >= 0.6 is 0 Å². The number of hydrogen-bond acceptors (Lipinski definition) is 1. The van der Waals surface area contributed by atoms with Crippen LogP contribution in [0.4, 0.5) is 10.5 Å². The fraction of sp³-hybridized carbons (Fsp3) is 0.500. The number of urea groups is 1. The van der Waals surface area contributed by atoms with Gasteiger partial charge in [-0.05, 0) is 60.3 Å². The summed E-state index contributed by atoms with van der Waals surface area (Å²) in [5.74, 6) is 0.681. The molecule has 0 spiro atoms. The van der Waals surface area contributed by atoms with Crippen molar-refractivity contribution in [2.75, 3.05) is 5.32 Å². The molecule has 2 amide bonds. The number of nitrogens with two attached hydrogens (primary N) is 1. The Morgan fingerprint density at radius 3 is 2.88 bits per heavy atom. The average Bonchev–Trinajstić information content (AvgIpc) is 2.82. The third kappa shape index (κ3) is 1.70. The number of amides is 2. The monoisotopic (exact) mass is 230 g/mol. The van der Waals surface area contributed by atoms with E-state index in [2.05, 4.69) is 18.3 Å². The molecule has 0 aliphatic heterocycles. The van der Waals surface area contributed by atoms with E-state index in [-0.39, 0.29) is 0 Å². The summed E-state index contributed by atoms with van der Waals surface area (Å²) in [6, 6.07) is 1.92. The van der Waals surface area contributed by atoms with Crippen LogP contribution in [0.15, 0.2) is 6.07 Å². The molecule has 3 nitrogen and oxygen atoms in total. The number of carbonyl (C=O) groups is 1. The lowest BCUT2D eigenvalue weighted by atomic mass is 9.99. The first-order valence-electron chi connectivity index (χ1n) is 6.38. The van der Waals surface area contributed by atoms with E-state index in [9.17, 15) is 4.79 Å². The van der Waals surface area contributed by atoms with Gasteiger partial charge in [-0.1, -0.05) is 13.0 Å². The molecule has 3 N–H and O–H groups in total. The lowest BCUT2D eigenvalue weighted by Gasteiger charge is -2.14. The Labute approximate surface area is 101 Å². The van der Waals surface area contributed by atoms with E-state index in [0.717, 1.165) is 31.4 Å². The van der Waals surface area contributed by atoms with E-state index in [4.69, 9.17) is 5.73 Å². The SMILES string of the molecule is C[C@H]1Cc2cc3c(c(NC(N)=O)c2C1)CCC3. The number of fused-ring (bicyclic) bond motifs is 2. The maximum atomic E-state index is 11.2. The molecule has 0 saturated carbocycles. The highest BCUT2D eigenvalue weighted by molar-refractivity contribution is 5.90. The number of rotatable bonds is 1. The normalized spacial score (nSPS) is 21.1. The van der Waals surface area contributed by atoms with Crippen LogP contribution in [-0.2, 0) is 25.7 Å². The fourth-order valence-corrected chi connectivity index (χ4v) is 3.34. The minimum absolute atomic E-state index is 0.438. The Bertz CT molecular complexity index is 493. The Balaban J connectivity index is 2.13. The lowest BCUT2D eigenvalue weighted by Crippen LogP contribution is -2.21. The highest BCUT2D eigenvalue weighted by Gasteiger charge is 2.27. The van der Waals surface area contributed by atoms with Gasteiger partial charge >= 0.3 is 6.03 Å². The molecule has 0 saturated heterocycles. The second kappa shape index (κ2) is 3.76. The smallest absolute Gasteiger partial charge is 0.316 e. The molecule has 1 aromatic carbocycles. The van der Waals surface area contributed by atoms with Crippen LogP contribution in [0.1, 0.15) is 35.6 Å². The number of nitrogens with one attached hydrogen (secondary N) is 1. The Kier molecular flexibility index (Phi) is 2.35. The van der Waals surface area contributed by atoms with Gasteiger partial charge in [0.05, 0.1) is 0 Å². The molecule has 0 fully saturated rings. The molecule has 0 aromatic heterocycles. The summed E-state index contributed by atoms with van der Waals surface area (Å²) in [5, 5.41) is 2.86. The number of hydrogen-bond donors (Lipinski definition) is 2. The fourth-order valence-electron chi connectivity index (χ4n) is 3.34. The van der Waals surface area contributed by atoms with Crippen LogP contribution in [-0.4, -0.2) is 6.03 Å². The third-order valence-electron chi connectivity index (χ3n) is 3.97. The Morgan fingerprint density at radius 2 is 2.12 bits per heavy atom. The predicted molar refractivity (Wildman–Crippen MR) is 68.2 cm³/mol. The van der Waals surface area contributed by atoms with Crippen molar-refractivity contribution < 1.29 is 4.79 Å². The van der Waals surface area contributed by atoms with Crippen molar-refractivity contribution in [2.24, 2.45) is 11.7 Å². The van der Waals surface area contributed by atoms with Gasteiger partial charge in [0.15, 0.2) is 0 Å². The number of anilines is 1. The number of carbonyl (C=O) groups excluding carboxylic acids is 1. The van der Waals surface area contributed by atoms with Gasteiger partial charge in [-0.15, -0.1) is 0 Å². The molecule has 0 unspecified atom stereocenters. The van der Waals surface area contributed by atoms with Crippen LogP contribution < -0.4 is 11.1 Å². The summed E-state index contributed by atoms with van der Waals surface area (Å²) in [6.45, 7) is 2.26. The van der Waals surface area contributed by atoms with E-state index in [1.165, 1.54) is 28.7 Å². The van der Waals surface area contributed by atoms with Crippen LogP contribution in [0.2, 0.25) is 0 Å². The summed E-state index contributed by atoms with van der Waals surface area (Å²) >= 11 is 0. The molecule has 1 atom stereocenters. The molecule has 0 heterocycles. The number of aryl methyl sites for hydroxylation is 1. The molecule has 0 bridgehead atoms. The standard InChI is InChI=1S/C14H18N2O/c1-8-5-10-7-9-3-2-4-11(9)13(12(10)6-8)16-14(15)17/h7-8H,2-6H2,1H3,(H3,15,16,17)/t8-/m0/s1. The largest absolute Gasteiger partial charge is 0.351 e. The first-order valence-corrected chi connectivity index (χ1v) is 6.38. The lowest BCUT2D eigenvalue weighted by molar-refractivity contribution is 0.259. The highest BCUT2D eigenvalue weighted by atomic mass is 16.2. The number of primary amides is 1. The van der Waals surface area contributed by atoms with Crippen LogP contribution in [0, 0.1) is 5.92 Å². The van der Waals surface area contributed by atoms with E-state index >= 15 is 0 Å². The summed E-state index contributed by atoms with van der Waals surface area (Å²) < 4.78 is 0. The zero-order valence-corrected chi connectivity index (χ0v) is 10.2. The molecule has 0 radical (unpaired) electrons. The van der Waals surface area contributed by atoms with Gasteiger partial charge in [-0.3, -0.25) is 0 Å². The van der Waals surface area contributed by atoms with Crippen LogP contribution in [0.3, 0.4) is 0 Å². The summed E-state index contributed by atoms with van der Waals surface area (Å²) in [6.07, 6.45) is 5.62. The molecular formula is C14H18N2O. The van der Waals surface area contributed by atoms with Crippen molar-refractivity contribution in [1.29, 1.82) is 0 Å². The maximum absolute atomic E-state index is 11.2. The van der Waals surface area contributed by atoms with Gasteiger partial charge in [0.1, 0.15) is 0 Å². The van der Waals surface area contributed by atoms with Gasteiger partial charge in [0.2, 0.25) is 0 Å². The Morgan fingerprint density at radius 1 is 1.29 bits per heavy atom. The quantitative estimate of drug-likeness (QED) is 0.764. The average molecular weight is 230 g/mol. The van der Waals surface area contributed by atoms with Gasteiger partial charge < -0.3 is 11.1 Å². The molecule has 3 rings (SSSR count). The van der Waals surface area contributed by atoms with Crippen molar-refractivity contribution in [2.45, 2.75) is 39.0 Å². The first kappa shape index (κ1) is 10.6. The van der Waals surface area contributed by atoms with E-state index in [0.29, 0.717) is 5.92 Å². The second-order valence-corrected chi connectivity index (χ2v) is 5.38. The minimum atomic E-state index is -0.438. The summed E-state index contributed by atoms with van der Waals surface area (Å²) in [5.41, 5.74) is 11.8. The van der Waals surface area contributed by atoms with Gasteiger partial charge in [0.25, 0.3) is 0 Å². The van der Waals surface area contributed by atoms with E-state index in [1.54, 1.807) is 0 Å². The van der Waals surface area contributed by atoms with Crippen LogP contribution in [0.25, 0.3) is 0 Å². The molecule has 2 aliphatic carbocycles. The zero-order chi connectivity index (χ0) is 12.0. The molecule has 2 aliphatic rings. The van der Waals surface area contributed by atoms with Gasteiger partial charge in [-0.2, -0.15) is 0 Å². The second-order valence-electron chi connectivity index (χ2n) is 5.38. The summed E-state index contributed by atoms with van der Waals surface area (Å²) in [7, 11) is 0. The van der Waals surface area contributed by atoms with Crippen molar-refractivity contribution in [3.05, 3.63) is 28.3 Å². The zero-order valence-electron chi connectivity index (χ0n) is 10.2. The Hall–Kier alpha value is -1.51.